The molecule has 3 aromatic rings. The van der Waals surface area contributed by atoms with E-state index in [0.717, 1.165) is 21.9 Å². The van der Waals surface area contributed by atoms with E-state index in [0.29, 0.717) is 6.07 Å². The predicted octanol–water partition coefficient (Wildman–Crippen LogP) is 4.82. The van der Waals surface area contributed by atoms with E-state index in [1.54, 1.807) is 6.07 Å². The van der Waals surface area contributed by atoms with E-state index in [1.807, 2.05) is 6.07 Å². The second-order valence-electron chi connectivity index (χ2n) is 10.9. The number of hydrogen-bond donors (Lipinski definition) is 2. The molecule has 2 fully saturated rings. The van der Waals surface area contributed by atoms with Gasteiger partial charge in [-0.15, -0.1) is 0 Å². The lowest BCUT2D eigenvalue weighted by molar-refractivity contribution is -0.128. The zero-order valence-corrected chi connectivity index (χ0v) is 24.2. The number of aromatic nitrogens is 1. The lowest BCUT2D eigenvalue weighted by Crippen LogP contribution is -2.53. The summed E-state index contributed by atoms with van der Waals surface area (Å²) in [6.07, 6.45) is -2.02. The van der Waals surface area contributed by atoms with E-state index >= 15 is 0 Å². The quantitative estimate of drug-likeness (QED) is 0.356. The molecule has 0 unspecified atom stereocenters. The number of anilines is 2. The molecule has 5 rings (SSSR count). The number of alkyl halides is 2. The number of nitrogens with one attached hydrogen (secondary N) is 1. The Morgan fingerprint density at radius 3 is 2.42 bits per heavy atom. The Bertz CT molecular complexity index is 1660. The molecule has 9 nitrogen and oxygen atoms in total. The van der Waals surface area contributed by atoms with E-state index in [9.17, 15) is 42.3 Å². The fourth-order valence-electron chi connectivity index (χ4n) is 5.64. The van der Waals surface area contributed by atoms with Gasteiger partial charge >= 0.3 is 0 Å². The molecular weight excluding hydrogens is 618 g/mol. The topological polar surface area (TPSA) is 127 Å². The molecule has 1 aliphatic heterocycles. The van der Waals surface area contributed by atoms with Gasteiger partial charge in [0.1, 0.15) is 35.6 Å². The van der Waals surface area contributed by atoms with Crippen LogP contribution in [0.3, 0.4) is 0 Å². The maximum Gasteiger partial charge on any atom is 0.257 e. The van der Waals surface area contributed by atoms with Crippen molar-refractivity contribution < 1.29 is 37.1 Å². The summed E-state index contributed by atoms with van der Waals surface area (Å²) in [6, 6.07) is 8.62. The van der Waals surface area contributed by atoms with Crippen LogP contribution in [-0.4, -0.2) is 51.9 Å². The van der Waals surface area contributed by atoms with Gasteiger partial charge in [0.15, 0.2) is 0 Å². The molecule has 0 radical (unpaired) electrons. The van der Waals surface area contributed by atoms with Gasteiger partial charge < -0.3 is 10.4 Å². The molecule has 2 heterocycles. The number of carbonyl (C=O) groups excluding carboxylic acids is 3. The molecule has 3 atom stereocenters. The third kappa shape index (κ3) is 6.77. The number of hydrogen-bond acceptors (Lipinski definition) is 6. The Hall–Kier alpha value is -4.54. The number of nitriles is 1. The van der Waals surface area contributed by atoms with Crippen molar-refractivity contribution in [1.82, 2.24) is 10.3 Å². The number of aliphatic hydroxyl groups excluding tert-OH is 1. The van der Waals surface area contributed by atoms with Gasteiger partial charge in [-0.1, -0.05) is 29.8 Å². The van der Waals surface area contributed by atoms with Crippen molar-refractivity contribution in [3.63, 3.8) is 0 Å². The van der Waals surface area contributed by atoms with Gasteiger partial charge in [-0.05, 0) is 43.2 Å². The van der Waals surface area contributed by atoms with Crippen LogP contribution in [0.25, 0.3) is 0 Å². The number of benzene rings is 2. The van der Waals surface area contributed by atoms with Crippen LogP contribution in [-0.2, 0) is 14.4 Å². The third-order valence-electron chi connectivity index (χ3n) is 7.82. The Morgan fingerprint density at radius 2 is 1.78 bits per heavy atom. The number of aliphatic hydroxyl groups is 1. The number of carbonyl (C=O) groups is 3. The highest BCUT2D eigenvalue weighted by molar-refractivity contribution is 6.31. The first-order valence-electron chi connectivity index (χ1n) is 14.0. The van der Waals surface area contributed by atoms with E-state index in [1.165, 1.54) is 36.5 Å². The van der Waals surface area contributed by atoms with Crippen molar-refractivity contribution in [2.45, 2.75) is 62.3 Å². The minimum atomic E-state index is -2.89. The molecule has 1 saturated carbocycles. The summed E-state index contributed by atoms with van der Waals surface area (Å²) in [5.41, 5.74) is -0.284. The fraction of sp³-hybridized carbons (Fsp3) is 0.323. The third-order valence-corrected chi connectivity index (χ3v) is 8.16. The number of pyridine rings is 1. The van der Waals surface area contributed by atoms with Crippen molar-refractivity contribution in [3.8, 4) is 6.07 Å². The standard InChI is InChI=1S/C31H26ClF4N5O4/c32-23-4-2-1-3-22(23)27(28(43)39-20-5-8-31(35,36)9-6-20)40(21-13-18(33)12-19(34)14-21)29(44)24-15-25(42)30(45)41(24)26-11-17(16-37)7-10-38-26/h1-4,7,10-14,20,24-25,27,42H,5-6,8-9,15H2,(H,39,43)/t24-,25-,27-/m0/s1. The van der Waals surface area contributed by atoms with Gasteiger partial charge in [0, 0.05) is 48.2 Å². The van der Waals surface area contributed by atoms with Crippen LogP contribution < -0.4 is 15.1 Å². The Kier molecular flexibility index (Phi) is 9.08. The normalized spacial score (nSPS) is 20.4. The monoisotopic (exact) mass is 643 g/mol. The summed E-state index contributed by atoms with van der Waals surface area (Å²) in [5, 5.41) is 22.6. The summed E-state index contributed by atoms with van der Waals surface area (Å²) in [7, 11) is 0. The molecule has 3 amide bonds. The first kappa shape index (κ1) is 31.9. The van der Waals surface area contributed by atoms with Gasteiger partial charge in [-0.25, -0.2) is 22.5 Å². The van der Waals surface area contributed by atoms with E-state index < -0.39 is 84.5 Å². The summed E-state index contributed by atoms with van der Waals surface area (Å²) < 4.78 is 57.0. The van der Waals surface area contributed by atoms with E-state index in [-0.39, 0.29) is 34.8 Å². The van der Waals surface area contributed by atoms with E-state index in [2.05, 4.69) is 10.3 Å². The summed E-state index contributed by atoms with van der Waals surface area (Å²) in [5.74, 6) is -8.05. The van der Waals surface area contributed by atoms with Crippen LogP contribution in [0, 0.1) is 23.0 Å². The van der Waals surface area contributed by atoms with Crippen molar-refractivity contribution in [3.05, 3.63) is 88.6 Å². The maximum atomic E-state index is 14.6. The molecule has 2 N–H and O–H groups in total. The average Bonchev–Trinajstić information content (AvgIpc) is 3.30. The fourth-order valence-corrected chi connectivity index (χ4v) is 5.88. The van der Waals surface area contributed by atoms with Crippen LogP contribution in [0.15, 0.2) is 60.8 Å². The predicted molar refractivity (Wildman–Crippen MR) is 154 cm³/mol. The molecule has 2 aliphatic rings. The second-order valence-corrected chi connectivity index (χ2v) is 11.3. The molecule has 45 heavy (non-hydrogen) atoms. The van der Waals surface area contributed by atoms with E-state index in [4.69, 9.17) is 11.6 Å². The van der Waals surface area contributed by atoms with Crippen LogP contribution >= 0.6 is 11.6 Å². The Balaban J connectivity index is 1.63. The van der Waals surface area contributed by atoms with Crippen molar-refractivity contribution >= 4 is 40.8 Å². The molecule has 2 aromatic carbocycles. The van der Waals surface area contributed by atoms with Crippen molar-refractivity contribution in [1.29, 1.82) is 5.26 Å². The minimum Gasteiger partial charge on any atom is -0.383 e. The molecule has 14 heteroatoms. The number of amides is 3. The first-order chi connectivity index (χ1) is 21.4. The van der Waals surface area contributed by atoms with Crippen LogP contribution in [0.4, 0.5) is 29.1 Å². The van der Waals surface area contributed by atoms with Gasteiger partial charge in [0.25, 0.3) is 11.8 Å². The SMILES string of the molecule is N#Cc1ccnc(N2C(=O)[C@@H](O)C[C@H]2C(=O)N(c2cc(F)cc(F)c2)[C@H](C(=O)NC2CCC(F)(F)CC2)c2ccccc2Cl)c1. The lowest BCUT2D eigenvalue weighted by atomic mass is 9.91. The van der Waals surface area contributed by atoms with Crippen LogP contribution in [0.2, 0.25) is 5.02 Å². The molecule has 0 spiro atoms. The Morgan fingerprint density at radius 1 is 1.11 bits per heavy atom. The van der Waals surface area contributed by atoms with Gasteiger partial charge in [-0.2, -0.15) is 5.26 Å². The smallest absolute Gasteiger partial charge is 0.257 e. The summed E-state index contributed by atoms with van der Waals surface area (Å²) in [6.45, 7) is 0. The zero-order chi connectivity index (χ0) is 32.5. The molecule has 1 aliphatic carbocycles. The molecular formula is C31H26ClF4N5O4. The summed E-state index contributed by atoms with van der Waals surface area (Å²) in [4.78, 5) is 47.5. The molecule has 234 valence electrons. The lowest BCUT2D eigenvalue weighted by Gasteiger charge is -2.37. The zero-order valence-electron chi connectivity index (χ0n) is 23.5. The first-order valence-corrected chi connectivity index (χ1v) is 14.4. The second kappa shape index (κ2) is 12.8. The van der Waals surface area contributed by atoms with Gasteiger partial charge in [0.2, 0.25) is 11.8 Å². The number of nitrogens with zero attached hydrogens (tertiary/aromatic N) is 4. The van der Waals surface area contributed by atoms with Gasteiger partial charge in [-0.3, -0.25) is 24.2 Å². The summed E-state index contributed by atoms with van der Waals surface area (Å²) >= 11 is 6.50. The Labute approximate surface area is 260 Å². The minimum absolute atomic E-state index is 0.00489. The molecule has 1 saturated heterocycles. The number of rotatable bonds is 7. The molecule has 1 aromatic heterocycles. The van der Waals surface area contributed by atoms with Gasteiger partial charge in [0.05, 0.1) is 17.3 Å². The van der Waals surface area contributed by atoms with Crippen molar-refractivity contribution in [2.24, 2.45) is 0 Å². The largest absolute Gasteiger partial charge is 0.383 e. The molecule has 0 bridgehead atoms. The average molecular weight is 644 g/mol. The maximum absolute atomic E-state index is 14.6. The number of halogens is 5. The van der Waals surface area contributed by atoms with Crippen molar-refractivity contribution in [2.75, 3.05) is 9.80 Å². The van der Waals surface area contributed by atoms with Crippen LogP contribution in [0.5, 0.6) is 0 Å². The highest BCUT2D eigenvalue weighted by Crippen LogP contribution is 2.38. The highest BCUT2D eigenvalue weighted by Gasteiger charge is 2.48. The highest BCUT2D eigenvalue weighted by atomic mass is 35.5. The van der Waals surface area contributed by atoms with Crippen LogP contribution in [0.1, 0.15) is 49.3 Å².